The summed E-state index contributed by atoms with van der Waals surface area (Å²) in [6.07, 6.45) is 0. The lowest BCUT2D eigenvalue weighted by Gasteiger charge is -2.29. The summed E-state index contributed by atoms with van der Waals surface area (Å²) in [6, 6.07) is 15.2. The molecular formula is C27H38N2O3. The van der Waals surface area contributed by atoms with Crippen molar-refractivity contribution in [1.82, 2.24) is 10.2 Å². The summed E-state index contributed by atoms with van der Waals surface area (Å²) in [4.78, 5) is 27.6. The lowest BCUT2D eigenvalue weighted by Crippen LogP contribution is -2.49. The van der Waals surface area contributed by atoms with Crippen LogP contribution in [-0.4, -0.2) is 35.9 Å². The lowest BCUT2D eigenvalue weighted by molar-refractivity contribution is -0.142. The van der Waals surface area contributed by atoms with Crippen molar-refractivity contribution in [3.63, 3.8) is 0 Å². The van der Waals surface area contributed by atoms with Crippen LogP contribution in [0.4, 0.5) is 0 Å². The van der Waals surface area contributed by atoms with Gasteiger partial charge in [-0.2, -0.15) is 0 Å². The number of aryl methyl sites for hydroxylation is 1. The molecule has 174 valence electrons. The molecule has 1 N–H and O–H groups in total. The van der Waals surface area contributed by atoms with Gasteiger partial charge in [0.1, 0.15) is 11.8 Å². The summed E-state index contributed by atoms with van der Waals surface area (Å²) in [7, 11) is 0. The van der Waals surface area contributed by atoms with Crippen LogP contribution in [0.2, 0.25) is 0 Å². The first kappa shape index (κ1) is 25.4. The van der Waals surface area contributed by atoms with Crippen LogP contribution in [0.25, 0.3) is 0 Å². The number of para-hydroxylation sites is 1. The highest BCUT2D eigenvalue weighted by Gasteiger charge is 2.27. The predicted molar refractivity (Wildman–Crippen MR) is 130 cm³/mol. The van der Waals surface area contributed by atoms with Crippen molar-refractivity contribution in [3.8, 4) is 5.75 Å². The van der Waals surface area contributed by atoms with Gasteiger partial charge in [-0.15, -0.1) is 0 Å². The molecule has 2 rings (SSSR count). The second kappa shape index (κ2) is 11.2. The molecule has 0 bridgehead atoms. The van der Waals surface area contributed by atoms with Gasteiger partial charge in [0.05, 0.1) is 0 Å². The van der Waals surface area contributed by atoms with Gasteiger partial charge < -0.3 is 15.0 Å². The van der Waals surface area contributed by atoms with Crippen molar-refractivity contribution < 1.29 is 14.3 Å². The molecule has 0 spiro atoms. The molecule has 1 unspecified atom stereocenters. The van der Waals surface area contributed by atoms with Gasteiger partial charge in [-0.05, 0) is 42.4 Å². The number of hydrogen-bond acceptors (Lipinski definition) is 3. The van der Waals surface area contributed by atoms with Crippen LogP contribution in [-0.2, 0) is 21.5 Å². The van der Waals surface area contributed by atoms with Gasteiger partial charge in [-0.3, -0.25) is 9.59 Å². The fraction of sp³-hybridized carbons (Fsp3) is 0.481. The van der Waals surface area contributed by atoms with Crippen LogP contribution in [0.3, 0.4) is 0 Å². The van der Waals surface area contributed by atoms with Crippen molar-refractivity contribution in [2.45, 2.75) is 66.5 Å². The van der Waals surface area contributed by atoms with Gasteiger partial charge in [0.25, 0.3) is 5.91 Å². The standard InChI is InChI=1S/C27H38N2O3/c1-19(2)16-28-26(31)21(4)29(17-22-14-12-20(3)13-15-22)25(30)18-32-24-11-9-8-10-23(24)27(5,6)7/h8-15,19,21H,16-18H2,1-7H3,(H,28,31). The minimum absolute atomic E-state index is 0.106. The average molecular weight is 439 g/mol. The maximum absolute atomic E-state index is 13.3. The summed E-state index contributed by atoms with van der Waals surface area (Å²) in [5.74, 6) is 0.654. The first-order valence-electron chi connectivity index (χ1n) is 11.3. The molecule has 0 fully saturated rings. The Morgan fingerprint density at radius 3 is 2.22 bits per heavy atom. The Kier molecular flexibility index (Phi) is 8.88. The van der Waals surface area contributed by atoms with Gasteiger partial charge in [0, 0.05) is 13.1 Å². The van der Waals surface area contributed by atoms with Crippen molar-refractivity contribution in [3.05, 3.63) is 65.2 Å². The fourth-order valence-corrected chi connectivity index (χ4v) is 3.36. The Bertz CT molecular complexity index is 898. The second-order valence-electron chi connectivity index (χ2n) is 9.86. The van der Waals surface area contributed by atoms with Crippen LogP contribution >= 0.6 is 0 Å². The lowest BCUT2D eigenvalue weighted by atomic mass is 9.86. The highest BCUT2D eigenvalue weighted by molar-refractivity contribution is 5.88. The largest absolute Gasteiger partial charge is 0.483 e. The predicted octanol–water partition coefficient (Wildman–Crippen LogP) is 4.86. The van der Waals surface area contributed by atoms with Gasteiger partial charge in [0.15, 0.2) is 6.61 Å². The number of carbonyl (C=O) groups excluding carboxylic acids is 2. The molecule has 2 aromatic carbocycles. The van der Waals surface area contributed by atoms with E-state index in [0.29, 0.717) is 24.8 Å². The molecule has 32 heavy (non-hydrogen) atoms. The normalized spacial score (nSPS) is 12.4. The summed E-state index contributed by atoms with van der Waals surface area (Å²) in [5.41, 5.74) is 3.06. The average Bonchev–Trinajstić information content (AvgIpc) is 2.74. The molecule has 2 aromatic rings. The number of nitrogens with one attached hydrogen (secondary N) is 1. The molecule has 0 saturated heterocycles. The van der Waals surface area contributed by atoms with E-state index in [2.05, 4.69) is 26.1 Å². The Morgan fingerprint density at radius 1 is 1.00 bits per heavy atom. The highest BCUT2D eigenvalue weighted by Crippen LogP contribution is 2.31. The number of benzene rings is 2. The molecule has 1 atom stereocenters. The first-order chi connectivity index (χ1) is 15.0. The summed E-state index contributed by atoms with van der Waals surface area (Å²) >= 11 is 0. The third-order valence-electron chi connectivity index (χ3n) is 5.37. The molecule has 0 radical (unpaired) electrons. The third kappa shape index (κ3) is 7.40. The maximum Gasteiger partial charge on any atom is 0.261 e. The Morgan fingerprint density at radius 2 is 1.62 bits per heavy atom. The highest BCUT2D eigenvalue weighted by atomic mass is 16.5. The van der Waals surface area contributed by atoms with E-state index in [9.17, 15) is 9.59 Å². The van der Waals surface area contributed by atoms with Crippen LogP contribution in [0.5, 0.6) is 5.75 Å². The topological polar surface area (TPSA) is 58.6 Å². The molecule has 2 amide bonds. The van der Waals surface area contributed by atoms with Crippen molar-refractivity contribution in [2.24, 2.45) is 5.92 Å². The minimum atomic E-state index is -0.607. The number of ether oxygens (including phenoxy) is 1. The van der Waals surface area contributed by atoms with E-state index in [1.165, 1.54) is 0 Å². The zero-order valence-corrected chi connectivity index (χ0v) is 20.6. The van der Waals surface area contributed by atoms with Crippen molar-refractivity contribution in [1.29, 1.82) is 0 Å². The summed E-state index contributed by atoms with van der Waals surface area (Å²) in [5, 5.41) is 2.94. The molecule has 0 aliphatic rings. The molecule has 5 nitrogen and oxygen atoms in total. The van der Waals surface area contributed by atoms with Crippen LogP contribution < -0.4 is 10.1 Å². The van der Waals surface area contributed by atoms with E-state index in [-0.39, 0.29) is 23.8 Å². The summed E-state index contributed by atoms with van der Waals surface area (Å²) < 4.78 is 5.97. The van der Waals surface area contributed by atoms with Gasteiger partial charge in [0.2, 0.25) is 5.91 Å². The second-order valence-corrected chi connectivity index (χ2v) is 9.86. The smallest absolute Gasteiger partial charge is 0.261 e. The fourth-order valence-electron chi connectivity index (χ4n) is 3.36. The number of amides is 2. The van der Waals surface area contributed by atoms with Crippen molar-refractivity contribution >= 4 is 11.8 Å². The van der Waals surface area contributed by atoms with Crippen LogP contribution in [0.15, 0.2) is 48.5 Å². The van der Waals surface area contributed by atoms with E-state index in [1.807, 2.05) is 69.3 Å². The molecule has 5 heteroatoms. The number of nitrogens with zero attached hydrogens (tertiary/aromatic N) is 1. The Labute approximate surface area is 193 Å². The Balaban J connectivity index is 2.20. The molecule has 0 aliphatic heterocycles. The first-order valence-corrected chi connectivity index (χ1v) is 11.3. The van der Waals surface area contributed by atoms with E-state index in [1.54, 1.807) is 11.8 Å². The molecule has 0 aromatic heterocycles. The molecule has 0 saturated carbocycles. The third-order valence-corrected chi connectivity index (χ3v) is 5.37. The van der Waals surface area contributed by atoms with Gasteiger partial charge in [-0.25, -0.2) is 0 Å². The molecule has 0 aliphatic carbocycles. The van der Waals surface area contributed by atoms with Gasteiger partial charge in [-0.1, -0.05) is 82.6 Å². The van der Waals surface area contributed by atoms with Gasteiger partial charge >= 0.3 is 0 Å². The zero-order valence-electron chi connectivity index (χ0n) is 20.6. The monoisotopic (exact) mass is 438 g/mol. The molecular weight excluding hydrogens is 400 g/mol. The number of rotatable bonds is 9. The SMILES string of the molecule is Cc1ccc(CN(C(=O)COc2ccccc2C(C)(C)C)C(C)C(=O)NCC(C)C)cc1. The van der Waals surface area contributed by atoms with E-state index in [0.717, 1.165) is 16.7 Å². The number of carbonyl (C=O) groups is 2. The Hall–Kier alpha value is -2.82. The number of hydrogen-bond donors (Lipinski definition) is 1. The van der Waals surface area contributed by atoms with Crippen molar-refractivity contribution in [2.75, 3.05) is 13.2 Å². The maximum atomic E-state index is 13.3. The van der Waals surface area contributed by atoms with E-state index in [4.69, 9.17) is 4.74 Å². The quantitative estimate of drug-likeness (QED) is 0.608. The van der Waals surface area contributed by atoms with Crippen LogP contribution in [0.1, 0.15) is 58.2 Å². The van der Waals surface area contributed by atoms with E-state index >= 15 is 0 Å². The molecule has 0 heterocycles. The summed E-state index contributed by atoms with van der Waals surface area (Å²) in [6.45, 7) is 15.0. The van der Waals surface area contributed by atoms with Crippen LogP contribution in [0, 0.1) is 12.8 Å². The van der Waals surface area contributed by atoms with E-state index < -0.39 is 6.04 Å². The minimum Gasteiger partial charge on any atom is -0.483 e. The zero-order chi connectivity index (χ0) is 23.9.